The van der Waals surface area contributed by atoms with Crippen LogP contribution in [0.5, 0.6) is 5.75 Å². The maximum Gasteiger partial charge on any atom is 0.288 e. The van der Waals surface area contributed by atoms with Crippen LogP contribution in [-0.4, -0.2) is 99.4 Å². The van der Waals surface area contributed by atoms with E-state index in [4.69, 9.17) is 14.2 Å². The lowest BCUT2D eigenvalue weighted by Crippen LogP contribution is -2.49. The van der Waals surface area contributed by atoms with Crippen molar-refractivity contribution in [2.24, 2.45) is 11.8 Å². The molecule has 0 radical (unpaired) electrons. The van der Waals surface area contributed by atoms with Crippen molar-refractivity contribution in [2.45, 2.75) is 43.4 Å². The summed E-state index contributed by atoms with van der Waals surface area (Å²) in [4.78, 5) is 17.9. The lowest BCUT2D eigenvalue weighted by atomic mass is 9.73. The predicted octanol–water partition coefficient (Wildman–Crippen LogP) is 3.09. The van der Waals surface area contributed by atoms with Gasteiger partial charge < -0.3 is 24.2 Å². The van der Waals surface area contributed by atoms with Crippen molar-refractivity contribution in [3.8, 4) is 5.75 Å². The molecule has 2 aromatic carbocycles. The van der Waals surface area contributed by atoms with Gasteiger partial charge in [-0.3, -0.25) is 9.69 Å². The quantitative estimate of drug-likeness (QED) is 0.367. The number of hydrogen-bond donors (Lipinski definition) is 1. The number of aliphatic hydroxyl groups excluding tert-OH is 1. The normalized spacial score (nSPS) is 21.7. The third-order valence-electron chi connectivity index (χ3n) is 8.65. The summed E-state index contributed by atoms with van der Waals surface area (Å²) in [5.74, 6) is 1.46. The number of rotatable bonds is 13. The molecule has 0 spiro atoms. The van der Waals surface area contributed by atoms with E-state index in [1.165, 1.54) is 35.5 Å². The second-order valence-electron chi connectivity index (χ2n) is 11.4. The summed E-state index contributed by atoms with van der Waals surface area (Å²) in [5.41, 5.74) is 1.26. The van der Waals surface area contributed by atoms with Gasteiger partial charge in [-0.15, -0.1) is 0 Å². The number of allylic oxidation sites excluding steroid dienone is 1. The maximum atomic E-state index is 13.6. The highest BCUT2D eigenvalue weighted by atomic mass is 32.2. The molecule has 1 saturated carbocycles. The fourth-order valence-electron chi connectivity index (χ4n) is 5.89. The fraction of sp³-hybridized carbons (Fsp3) is 0.531. The van der Waals surface area contributed by atoms with E-state index in [0.717, 1.165) is 32.5 Å². The Kier molecular flexibility index (Phi) is 10.7. The molecule has 0 bridgehead atoms. The first-order valence-corrected chi connectivity index (χ1v) is 16.6. The summed E-state index contributed by atoms with van der Waals surface area (Å²) in [5, 5.41) is 9.57. The van der Waals surface area contributed by atoms with Crippen LogP contribution in [0.25, 0.3) is 0 Å². The molecule has 1 N–H and O–H groups in total. The number of benzene rings is 2. The van der Waals surface area contributed by atoms with E-state index < -0.39 is 16.3 Å². The molecule has 43 heavy (non-hydrogen) atoms. The number of hydrogen-bond acceptors (Lipinski definition) is 8. The van der Waals surface area contributed by atoms with Gasteiger partial charge in [0.15, 0.2) is 5.76 Å². The Morgan fingerprint density at radius 3 is 2.37 bits per heavy atom. The van der Waals surface area contributed by atoms with Gasteiger partial charge >= 0.3 is 0 Å². The van der Waals surface area contributed by atoms with E-state index in [9.17, 15) is 18.3 Å². The first kappa shape index (κ1) is 31.5. The SMILES string of the molecule is COc1ccc(S(=O)(=O)N(CCO)CCO[C@@H]2C[C@H](C3CCC3)C=C(C(=O)N3CCN(Cc4ccccc4)CC3)O2)cc1. The van der Waals surface area contributed by atoms with Crippen LogP contribution in [0.3, 0.4) is 0 Å². The number of sulfonamides is 1. The summed E-state index contributed by atoms with van der Waals surface area (Å²) in [7, 11) is -2.34. The molecule has 1 amide bonds. The van der Waals surface area contributed by atoms with E-state index in [0.29, 0.717) is 36.9 Å². The van der Waals surface area contributed by atoms with Gasteiger partial charge in [-0.1, -0.05) is 36.8 Å². The van der Waals surface area contributed by atoms with E-state index in [1.54, 1.807) is 12.1 Å². The van der Waals surface area contributed by atoms with Crippen LogP contribution in [0, 0.1) is 11.8 Å². The standard InChI is InChI=1S/C32H43N3O7S/c1-40-28-10-12-29(13-11-28)43(38,39)35(18-20-36)19-21-41-31-23-27(26-8-5-9-26)22-30(42-31)32(37)34-16-14-33(15-17-34)24-25-6-3-2-4-7-25/h2-4,6-7,10-13,22,26-27,31,36H,5,8-9,14-21,23-24H2,1H3/t27-,31+/m1/s1. The monoisotopic (exact) mass is 613 g/mol. The number of carbonyl (C=O) groups excluding carboxylic acids is 1. The zero-order valence-corrected chi connectivity index (χ0v) is 25.7. The molecule has 0 unspecified atom stereocenters. The lowest BCUT2D eigenvalue weighted by Gasteiger charge is -2.39. The van der Waals surface area contributed by atoms with Crippen molar-refractivity contribution in [1.82, 2.24) is 14.1 Å². The smallest absolute Gasteiger partial charge is 0.288 e. The molecule has 5 rings (SSSR count). The molecular weight excluding hydrogens is 570 g/mol. The summed E-state index contributed by atoms with van der Waals surface area (Å²) < 4.78 is 45.0. The Hall–Kier alpha value is -2.96. The molecule has 2 aliphatic heterocycles. The average Bonchev–Trinajstić information content (AvgIpc) is 3.00. The Bertz CT molecular complexity index is 1320. The number of nitrogens with zero attached hydrogens (tertiary/aromatic N) is 3. The second kappa shape index (κ2) is 14.7. The Labute approximate surface area is 254 Å². The van der Waals surface area contributed by atoms with Gasteiger partial charge in [0.05, 0.1) is 25.2 Å². The summed E-state index contributed by atoms with van der Waals surface area (Å²) >= 11 is 0. The first-order valence-electron chi connectivity index (χ1n) is 15.2. The van der Waals surface area contributed by atoms with Crippen LogP contribution in [0.1, 0.15) is 31.2 Å². The number of amides is 1. The molecule has 3 aliphatic rings. The van der Waals surface area contributed by atoms with Gasteiger partial charge in [-0.05, 0) is 60.6 Å². The number of piperazine rings is 1. The first-order chi connectivity index (χ1) is 20.9. The van der Waals surface area contributed by atoms with Gasteiger partial charge in [0.25, 0.3) is 5.91 Å². The zero-order valence-electron chi connectivity index (χ0n) is 24.8. The molecule has 1 aliphatic carbocycles. The topological polar surface area (TPSA) is 109 Å². The molecule has 2 atom stereocenters. The largest absolute Gasteiger partial charge is 0.497 e. The van der Waals surface area contributed by atoms with Crippen molar-refractivity contribution >= 4 is 15.9 Å². The summed E-state index contributed by atoms with van der Waals surface area (Å²) in [6.45, 7) is 3.44. The van der Waals surface area contributed by atoms with E-state index in [1.807, 2.05) is 29.2 Å². The Morgan fingerprint density at radius 2 is 1.74 bits per heavy atom. The van der Waals surface area contributed by atoms with E-state index in [-0.39, 0.29) is 43.0 Å². The molecule has 234 valence electrons. The zero-order chi connectivity index (χ0) is 30.2. The van der Waals surface area contributed by atoms with Crippen LogP contribution < -0.4 is 4.74 Å². The molecule has 2 heterocycles. The minimum Gasteiger partial charge on any atom is -0.497 e. The van der Waals surface area contributed by atoms with Crippen LogP contribution in [0.15, 0.2) is 71.3 Å². The number of carbonyl (C=O) groups is 1. The fourth-order valence-corrected chi connectivity index (χ4v) is 7.30. The molecule has 2 fully saturated rings. The predicted molar refractivity (Wildman–Crippen MR) is 161 cm³/mol. The van der Waals surface area contributed by atoms with Gasteiger partial charge in [0.1, 0.15) is 5.75 Å². The van der Waals surface area contributed by atoms with Gasteiger partial charge in [-0.2, -0.15) is 4.31 Å². The molecule has 1 saturated heterocycles. The van der Waals surface area contributed by atoms with Crippen molar-refractivity contribution in [3.05, 3.63) is 72.0 Å². The Balaban J connectivity index is 1.18. The molecule has 0 aromatic heterocycles. The van der Waals surface area contributed by atoms with Crippen molar-refractivity contribution in [2.75, 3.05) is 59.6 Å². The van der Waals surface area contributed by atoms with E-state index in [2.05, 4.69) is 17.0 Å². The van der Waals surface area contributed by atoms with Gasteiger partial charge in [0.2, 0.25) is 16.3 Å². The third-order valence-corrected chi connectivity index (χ3v) is 10.6. The Morgan fingerprint density at radius 1 is 1.02 bits per heavy atom. The highest BCUT2D eigenvalue weighted by molar-refractivity contribution is 7.89. The molecular formula is C32H43N3O7S. The minimum absolute atomic E-state index is 0.0409. The second-order valence-corrected chi connectivity index (χ2v) is 13.3. The summed E-state index contributed by atoms with van der Waals surface area (Å²) in [6, 6.07) is 16.5. The van der Waals surface area contributed by atoms with Crippen LogP contribution >= 0.6 is 0 Å². The maximum absolute atomic E-state index is 13.6. The van der Waals surface area contributed by atoms with Crippen molar-refractivity contribution < 1.29 is 32.5 Å². The van der Waals surface area contributed by atoms with E-state index >= 15 is 0 Å². The van der Waals surface area contributed by atoms with Gasteiger partial charge in [-0.25, -0.2) is 8.42 Å². The van der Waals surface area contributed by atoms with Crippen LogP contribution in [0.2, 0.25) is 0 Å². The number of ether oxygens (including phenoxy) is 3. The van der Waals surface area contributed by atoms with Crippen molar-refractivity contribution in [1.29, 1.82) is 0 Å². The molecule has 10 nitrogen and oxygen atoms in total. The number of methoxy groups -OCH3 is 1. The molecule has 11 heteroatoms. The van der Waals surface area contributed by atoms with Gasteiger partial charge in [0, 0.05) is 52.2 Å². The van der Waals surface area contributed by atoms with Crippen LogP contribution in [0.4, 0.5) is 0 Å². The summed E-state index contributed by atoms with van der Waals surface area (Å²) in [6.07, 6.45) is 5.41. The molecule has 2 aromatic rings. The van der Waals surface area contributed by atoms with Crippen LogP contribution in [-0.2, 0) is 30.8 Å². The van der Waals surface area contributed by atoms with Crippen molar-refractivity contribution in [3.63, 3.8) is 0 Å². The highest BCUT2D eigenvalue weighted by Gasteiger charge is 2.36. The highest BCUT2D eigenvalue weighted by Crippen LogP contribution is 2.40. The third kappa shape index (κ3) is 7.96. The minimum atomic E-state index is -3.85. The number of aliphatic hydroxyl groups is 1. The lowest BCUT2D eigenvalue weighted by molar-refractivity contribution is -0.158. The average molecular weight is 614 g/mol.